The summed E-state index contributed by atoms with van der Waals surface area (Å²) in [6.45, 7) is 12.7. The highest BCUT2D eigenvalue weighted by atomic mass is 16.5. The van der Waals surface area contributed by atoms with E-state index in [1.54, 1.807) is 15.6 Å². The fraction of sp³-hybridized carbons (Fsp3) is 0.549. The van der Waals surface area contributed by atoms with Crippen LogP contribution in [0, 0.1) is 23.2 Å². The van der Waals surface area contributed by atoms with Gasteiger partial charge in [0.1, 0.15) is 30.2 Å². The highest BCUT2D eigenvalue weighted by molar-refractivity contribution is 5.99. The number of nitrogens with zero attached hydrogens (tertiary/aromatic N) is 8. The first-order valence-corrected chi connectivity index (χ1v) is 23.8. The molecule has 65 heavy (non-hydrogen) atoms. The highest BCUT2D eigenvalue weighted by Crippen LogP contribution is 2.35. The summed E-state index contributed by atoms with van der Waals surface area (Å²) in [7, 11) is 3.75. The van der Waals surface area contributed by atoms with Crippen LogP contribution in [0.5, 0.6) is 5.75 Å². The Kier molecular flexibility index (Phi) is 18.5. The number of nitriles is 1. The number of hydrogen-bond acceptors (Lipinski definition) is 11. The highest BCUT2D eigenvalue weighted by Gasteiger charge is 2.33. The molecule has 7 heterocycles. The minimum atomic E-state index is -0.514. The number of pyridine rings is 2. The molecular formula is C51H69N9O5. The molecule has 0 saturated carbocycles. The molecule has 1 aromatic carbocycles. The van der Waals surface area contributed by atoms with Gasteiger partial charge in [0.15, 0.2) is 0 Å². The molecule has 3 saturated heterocycles. The normalized spacial score (nSPS) is 18.5. The third-order valence-electron chi connectivity index (χ3n) is 13.3. The minimum absolute atomic E-state index is 0.0877. The molecule has 14 heteroatoms. The Bertz CT molecular complexity index is 2210. The quantitative estimate of drug-likeness (QED) is 0.0901. The van der Waals surface area contributed by atoms with Crippen molar-refractivity contribution < 1.29 is 23.9 Å². The van der Waals surface area contributed by atoms with Gasteiger partial charge in [0.05, 0.1) is 36.1 Å². The number of fused-ring (bicyclic) bond motifs is 2. The fourth-order valence-corrected chi connectivity index (χ4v) is 9.54. The van der Waals surface area contributed by atoms with Crippen molar-refractivity contribution in [1.82, 2.24) is 34.6 Å². The van der Waals surface area contributed by atoms with E-state index in [4.69, 9.17) is 9.72 Å². The van der Waals surface area contributed by atoms with Gasteiger partial charge < -0.3 is 39.2 Å². The van der Waals surface area contributed by atoms with Gasteiger partial charge in [-0.2, -0.15) is 10.4 Å². The van der Waals surface area contributed by atoms with Crippen LogP contribution < -0.4 is 15.0 Å². The first-order valence-electron chi connectivity index (χ1n) is 23.8. The molecule has 14 nitrogen and oxygen atoms in total. The van der Waals surface area contributed by atoms with Gasteiger partial charge >= 0.3 is 0 Å². The summed E-state index contributed by atoms with van der Waals surface area (Å²) in [4.78, 5) is 58.8. The molecule has 0 spiro atoms. The molecule has 8 rings (SSSR count). The lowest BCUT2D eigenvalue weighted by atomic mass is 9.88. The predicted octanol–water partition coefficient (Wildman–Crippen LogP) is 7.15. The Hall–Kier alpha value is -5.65. The number of ether oxygens (including phenoxy) is 1. The van der Waals surface area contributed by atoms with Crippen LogP contribution in [0.4, 0.5) is 5.82 Å². The van der Waals surface area contributed by atoms with Crippen molar-refractivity contribution >= 4 is 36.2 Å². The third kappa shape index (κ3) is 12.8. The van der Waals surface area contributed by atoms with Gasteiger partial charge in [-0.05, 0) is 138 Å². The summed E-state index contributed by atoms with van der Waals surface area (Å²) < 4.78 is 7.90. The summed E-state index contributed by atoms with van der Waals surface area (Å²) in [5, 5.41) is 16.8. The molecule has 4 aliphatic heterocycles. The predicted molar refractivity (Wildman–Crippen MR) is 254 cm³/mol. The van der Waals surface area contributed by atoms with Gasteiger partial charge in [0.2, 0.25) is 6.41 Å². The molecule has 0 radical (unpaired) electrons. The zero-order valence-corrected chi connectivity index (χ0v) is 39.0. The van der Waals surface area contributed by atoms with Crippen molar-refractivity contribution in [3.63, 3.8) is 0 Å². The number of hydrogen-bond donors (Lipinski definition) is 1. The van der Waals surface area contributed by atoms with Crippen LogP contribution >= 0.6 is 0 Å². The van der Waals surface area contributed by atoms with Crippen molar-refractivity contribution in [2.75, 3.05) is 71.4 Å². The van der Waals surface area contributed by atoms with E-state index < -0.39 is 6.04 Å². The summed E-state index contributed by atoms with van der Waals surface area (Å²) in [6.07, 6.45) is 19.1. The van der Waals surface area contributed by atoms with Crippen LogP contribution in [0.25, 0.3) is 16.6 Å². The Labute approximate surface area is 385 Å². The van der Waals surface area contributed by atoms with Crippen LogP contribution in [0.15, 0.2) is 55.0 Å². The lowest BCUT2D eigenvalue weighted by Crippen LogP contribution is -2.36. The average molecular weight is 888 g/mol. The van der Waals surface area contributed by atoms with Crippen molar-refractivity contribution in [2.24, 2.45) is 11.8 Å². The van der Waals surface area contributed by atoms with Crippen molar-refractivity contribution in [3.8, 4) is 22.9 Å². The average Bonchev–Trinajstić information content (AvgIpc) is 3.91. The Morgan fingerprint density at radius 2 is 1.74 bits per heavy atom. The monoisotopic (exact) mass is 888 g/mol. The second-order valence-electron chi connectivity index (χ2n) is 18.2. The number of likely N-dealkylation sites (tertiary alicyclic amines) is 2. The molecule has 3 aromatic heterocycles. The van der Waals surface area contributed by atoms with Crippen LogP contribution in [-0.2, 0) is 20.9 Å². The first kappa shape index (κ1) is 48.8. The Balaban J connectivity index is 0.000000207. The van der Waals surface area contributed by atoms with Gasteiger partial charge in [0.25, 0.3) is 5.91 Å². The van der Waals surface area contributed by atoms with E-state index in [0.29, 0.717) is 60.6 Å². The van der Waals surface area contributed by atoms with E-state index >= 15 is 0 Å². The first-order chi connectivity index (χ1) is 31.7. The Morgan fingerprint density at radius 1 is 0.954 bits per heavy atom. The topological polar surface area (TPSA) is 156 Å². The van der Waals surface area contributed by atoms with E-state index in [2.05, 4.69) is 64.4 Å². The molecular weight excluding hydrogens is 819 g/mol. The molecule has 4 aromatic rings. The van der Waals surface area contributed by atoms with E-state index in [9.17, 15) is 24.4 Å². The number of unbranched alkanes of at least 4 members (excludes halogenated alkanes) is 2. The third-order valence-corrected chi connectivity index (χ3v) is 13.3. The molecule has 2 amide bonds. The number of aromatic nitrogens is 3. The molecule has 0 bridgehead atoms. The molecule has 348 valence electrons. The zero-order chi connectivity index (χ0) is 46.1. The van der Waals surface area contributed by atoms with Gasteiger partial charge in [0, 0.05) is 62.0 Å². The maximum absolute atomic E-state index is 12.7. The number of nitrogens with one attached hydrogen (secondary N) is 1. The number of benzene rings is 1. The summed E-state index contributed by atoms with van der Waals surface area (Å²) in [6, 6.07) is 14.1. The van der Waals surface area contributed by atoms with E-state index in [1.807, 2.05) is 43.5 Å². The van der Waals surface area contributed by atoms with Gasteiger partial charge in [-0.3, -0.25) is 9.59 Å². The molecule has 4 aliphatic rings. The Morgan fingerprint density at radius 3 is 2.40 bits per heavy atom. The number of rotatable bonds is 16. The molecule has 0 aliphatic carbocycles. The van der Waals surface area contributed by atoms with E-state index in [0.717, 1.165) is 99.1 Å². The molecule has 3 fully saturated rings. The van der Waals surface area contributed by atoms with Crippen molar-refractivity contribution in [2.45, 2.75) is 103 Å². The van der Waals surface area contributed by atoms with Crippen LogP contribution in [-0.4, -0.2) is 127 Å². The van der Waals surface area contributed by atoms with Crippen LogP contribution in [0.1, 0.15) is 117 Å². The maximum atomic E-state index is 12.7. The SMILES string of the molecule is CCCCCN1CCC(c2ccc3c(c2)CN(C(C=O)CCC=O)C3=O)CC1.CNC.C[C@H]1CCCN(c2ccc(-c3cc(OCC4CCN(C=O)CC4)cn4ncc(C#N)c34)cn2)C1. The van der Waals surface area contributed by atoms with Gasteiger partial charge in [-0.1, -0.05) is 38.8 Å². The lowest BCUT2D eigenvalue weighted by molar-refractivity contribution is -0.119. The van der Waals surface area contributed by atoms with Crippen molar-refractivity contribution in [3.05, 3.63) is 77.2 Å². The number of anilines is 1. The number of aldehydes is 2. The second-order valence-corrected chi connectivity index (χ2v) is 18.2. The molecule has 1 N–H and O–H groups in total. The van der Waals surface area contributed by atoms with E-state index in [1.165, 1.54) is 57.1 Å². The van der Waals surface area contributed by atoms with Crippen LogP contribution in [0.3, 0.4) is 0 Å². The van der Waals surface area contributed by atoms with E-state index in [-0.39, 0.29) is 5.91 Å². The van der Waals surface area contributed by atoms with Crippen LogP contribution in [0.2, 0.25) is 0 Å². The maximum Gasteiger partial charge on any atom is 0.255 e. The zero-order valence-electron chi connectivity index (χ0n) is 39.0. The number of amides is 2. The summed E-state index contributed by atoms with van der Waals surface area (Å²) in [5.74, 6) is 3.26. The van der Waals surface area contributed by atoms with Gasteiger partial charge in [-0.15, -0.1) is 0 Å². The number of carbonyl (C=O) groups excluding carboxylic acids is 4. The lowest BCUT2D eigenvalue weighted by Gasteiger charge is -2.32. The summed E-state index contributed by atoms with van der Waals surface area (Å²) in [5.41, 5.74) is 6.14. The number of carbonyl (C=O) groups is 4. The minimum Gasteiger partial charge on any atom is -0.492 e. The summed E-state index contributed by atoms with van der Waals surface area (Å²) >= 11 is 0. The largest absolute Gasteiger partial charge is 0.492 e. The number of piperidine rings is 3. The smallest absolute Gasteiger partial charge is 0.255 e. The fourth-order valence-electron chi connectivity index (χ4n) is 9.54. The molecule has 2 atom stereocenters. The van der Waals surface area contributed by atoms with Gasteiger partial charge in [-0.25, -0.2) is 9.50 Å². The standard InChI is InChI=1S/C26H30N6O2.C23H32N2O3.C2H7N/c1-19-3-2-8-31(15-19)25-5-4-21(13-28-25)24-11-23(16-32-26(24)22(12-27)14-29-32)34-17-20-6-9-30(18-33)10-7-20;1-2-3-4-11-24-12-9-18(10-13-24)19-7-8-22-20(15-19)16-25(23(22)28)21(17-27)6-5-14-26;1-3-2/h4-5,11,13-14,16,18-20H,2-3,6-10,15,17H2,1H3;7-8,14-15,17-18,21H,2-6,9-13,16H2,1H3;3H,1-2H3/t19-;;/m0../s1. The molecule has 1 unspecified atom stereocenters. The second kappa shape index (κ2) is 24.6. The van der Waals surface area contributed by atoms with Crippen molar-refractivity contribution in [1.29, 1.82) is 5.26 Å².